The fraction of sp³-hybridized carbons (Fsp3) is 0.250. The van der Waals surface area contributed by atoms with E-state index in [1.807, 2.05) is 19.1 Å². The predicted octanol–water partition coefficient (Wildman–Crippen LogP) is 4.38. The molecule has 1 fully saturated rings. The van der Waals surface area contributed by atoms with Gasteiger partial charge in [0.15, 0.2) is 18.1 Å². The number of carbonyl (C=O) groups is 4. The quantitative estimate of drug-likeness (QED) is 0.354. The van der Waals surface area contributed by atoms with Crippen LogP contribution in [-0.2, 0) is 19.1 Å². The van der Waals surface area contributed by atoms with E-state index >= 15 is 0 Å². The van der Waals surface area contributed by atoms with Crippen LogP contribution in [-0.4, -0.2) is 54.8 Å². The van der Waals surface area contributed by atoms with Crippen LogP contribution < -0.4 is 14.8 Å². The SMILES string of the molecule is CCOc1cc(/C=C2/SC(=O)N(CC(=O)Nc3ccc(C)cc3)C2=O)cc(Br)c1OCC(=O)OC. The first kappa shape index (κ1) is 26.3. The van der Waals surface area contributed by atoms with E-state index in [1.165, 1.54) is 13.2 Å². The lowest BCUT2D eigenvalue weighted by Crippen LogP contribution is -2.36. The number of imide groups is 1. The lowest BCUT2D eigenvalue weighted by molar-refractivity contribution is -0.143. The van der Waals surface area contributed by atoms with Crippen molar-refractivity contribution in [2.45, 2.75) is 13.8 Å². The second kappa shape index (κ2) is 11.9. The third-order valence-electron chi connectivity index (χ3n) is 4.70. The van der Waals surface area contributed by atoms with E-state index in [2.05, 4.69) is 26.0 Å². The highest BCUT2D eigenvalue weighted by atomic mass is 79.9. The molecule has 1 heterocycles. The maximum absolute atomic E-state index is 12.8. The normalized spacial score (nSPS) is 14.3. The van der Waals surface area contributed by atoms with E-state index in [0.717, 1.165) is 22.2 Å². The van der Waals surface area contributed by atoms with E-state index < -0.39 is 29.6 Å². The molecule has 0 saturated carbocycles. The van der Waals surface area contributed by atoms with Crippen molar-refractivity contribution < 1.29 is 33.4 Å². The van der Waals surface area contributed by atoms with Crippen molar-refractivity contribution in [1.29, 1.82) is 0 Å². The fourth-order valence-electron chi connectivity index (χ4n) is 3.03. The number of nitrogens with zero attached hydrogens (tertiary/aromatic N) is 1. The fourth-order valence-corrected chi connectivity index (χ4v) is 4.45. The molecule has 3 amide bonds. The molecule has 1 N–H and O–H groups in total. The molecule has 0 bridgehead atoms. The average molecular weight is 563 g/mol. The summed E-state index contributed by atoms with van der Waals surface area (Å²) >= 11 is 4.13. The lowest BCUT2D eigenvalue weighted by Gasteiger charge is -2.14. The Hall–Kier alpha value is -3.31. The molecule has 2 aromatic rings. The zero-order chi connectivity index (χ0) is 25.5. The molecule has 1 aliphatic rings. The minimum atomic E-state index is -0.570. The number of hydrogen-bond acceptors (Lipinski definition) is 8. The highest BCUT2D eigenvalue weighted by Crippen LogP contribution is 2.39. The number of halogens is 1. The Labute approximate surface area is 214 Å². The molecule has 0 radical (unpaired) electrons. The highest BCUT2D eigenvalue weighted by Gasteiger charge is 2.36. The largest absolute Gasteiger partial charge is 0.490 e. The van der Waals surface area contributed by atoms with Gasteiger partial charge < -0.3 is 19.5 Å². The first-order chi connectivity index (χ1) is 16.7. The Bertz CT molecular complexity index is 1180. The van der Waals surface area contributed by atoms with Gasteiger partial charge in [-0.2, -0.15) is 0 Å². The number of rotatable bonds is 9. The van der Waals surface area contributed by atoms with Gasteiger partial charge in [-0.05, 0) is 77.4 Å². The predicted molar refractivity (Wildman–Crippen MR) is 135 cm³/mol. The third kappa shape index (κ3) is 6.86. The van der Waals surface area contributed by atoms with Crippen LogP contribution in [0, 0.1) is 6.92 Å². The van der Waals surface area contributed by atoms with Crippen molar-refractivity contribution >= 4 is 62.5 Å². The van der Waals surface area contributed by atoms with Crippen molar-refractivity contribution in [3.8, 4) is 11.5 Å². The number of aryl methyl sites for hydroxylation is 1. The molecule has 9 nitrogen and oxygen atoms in total. The van der Waals surface area contributed by atoms with Gasteiger partial charge in [0.2, 0.25) is 5.91 Å². The molecule has 35 heavy (non-hydrogen) atoms. The van der Waals surface area contributed by atoms with Crippen LogP contribution >= 0.6 is 27.7 Å². The Morgan fingerprint density at radius 1 is 1.14 bits per heavy atom. The van der Waals surface area contributed by atoms with Crippen LogP contribution in [0.15, 0.2) is 45.8 Å². The molecule has 0 spiro atoms. The number of nitrogens with one attached hydrogen (secondary N) is 1. The smallest absolute Gasteiger partial charge is 0.343 e. The van der Waals surface area contributed by atoms with Crippen molar-refractivity contribution in [3.63, 3.8) is 0 Å². The topological polar surface area (TPSA) is 111 Å². The van der Waals surface area contributed by atoms with Crippen LogP contribution in [0.3, 0.4) is 0 Å². The van der Waals surface area contributed by atoms with Crippen LogP contribution in [0.1, 0.15) is 18.1 Å². The first-order valence-electron chi connectivity index (χ1n) is 10.5. The summed E-state index contributed by atoms with van der Waals surface area (Å²) in [5.74, 6) is -0.961. The molecular weight excluding hydrogens is 540 g/mol. The number of methoxy groups -OCH3 is 1. The van der Waals surface area contributed by atoms with Gasteiger partial charge in [-0.1, -0.05) is 17.7 Å². The monoisotopic (exact) mass is 562 g/mol. The number of esters is 1. The number of hydrogen-bond donors (Lipinski definition) is 1. The van der Waals surface area contributed by atoms with Crippen molar-refractivity contribution in [3.05, 3.63) is 56.9 Å². The number of ether oxygens (including phenoxy) is 3. The van der Waals surface area contributed by atoms with E-state index in [9.17, 15) is 19.2 Å². The van der Waals surface area contributed by atoms with Crippen LogP contribution in [0.4, 0.5) is 10.5 Å². The summed E-state index contributed by atoms with van der Waals surface area (Å²) in [5.41, 5.74) is 2.17. The molecule has 1 saturated heterocycles. The second-order valence-corrected chi connectivity index (χ2v) is 9.16. The molecule has 0 aromatic heterocycles. The summed E-state index contributed by atoms with van der Waals surface area (Å²) < 4.78 is 16.2. The van der Waals surface area contributed by atoms with Crippen molar-refractivity contribution in [2.24, 2.45) is 0 Å². The minimum Gasteiger partial charge on any atom is -0.490 e. The first-order valence-corrected chi connectivity index (χ1v) is 12.1. The molecular formula is C24H23BrN2O7S. The highest BCUT2D eigenvalue weighted by molar-refractivity contribution is 9.10. The Kier molecular flexibility index (Phi) is 8.94. The van der Waals surface area contributed by atoms with E-state index in [1.54, 1.807) is 31.2 Å². The van der Waals surface area contributed by atoms with E-state index in [0.29, 0.717) is 33.8 Å². The molecule has 1 aliphatic heterocycles. The van der Waals surface area contributed by atoms with Crippen molar-refractivity contribution in [2.75, 3.05) is 32.2 Å². The number of thioether (sulfide) groups is 1. The van der Waals surface area contributed by atoms with Crippen LogP contribution in [0.2, 0.25) is 0 Å². The maximum atomic E-state index is 12.8. The number of carbonyl (C=O) groups excluding carboxylic acids is 4. The Morgan fingerprint density at radius 3 is 2.51 bits per heavy atom. The number of benzene rings is 2. The standard InChI is InChI=1S/C24H23BrN2O7S/c1-4-33-18-10-15(9-17(25)22(18)34-13-21(29)32-3)11-19-23(30)27(24(31)35-19)12-20(28)26-16-7-5-14(2)6-8-16/h5-11H,4,12-13H2,1-3H3,(H,26,28)/b19-11+. The second-order valence-electron chi connectivity index (χ2n) is 7.31. The third-order valence-corrected chi connectivity index (χ3v) is 6.20. The Balaban J connectivity index is 1.75. The summed E-state index contributed by atoms with van der Waals surface area (Å²) in [6.45, 7) is 3.34. The zero-order valence-electron chi connectivity index (χ0n) is 19.3. The van der Waals surface area contributed by atoms with Gasteiger partial charge >= 0.3 is 5.97 Å². The summed E-state index contributed by atoms with van der Waals surface area (Å²) in [6, 6.07) is 10.5. The van der Waals surface area contributed by atoms with Gasteiger partial charge in [0.1, 0.15) is 6.54 Å². The van der Waals surface area contributed by atoms with Gasteiger partial charge in [0.05, 0.1) is 23.1 Å². The lowest BCUT2D eigenvalue weighted by atomic mass is 10.2. The number of anilines is 1. The van der Waals surface area contributed by atoms with Gasteiger partial charge in [-0.3, -0.25) is 19.3 Å². The summed E-state index contributed by atoms with van der Waals surface area (Å²) in [4.78, 5) is 50.2. The minimum absolute atomic E-state index is 0.163. The molecule has 11 heteroatoms. The summed E-state index contributed by atoms with van der Waals surface area (Å²) in [5, 5.41) is 2.14. The molecule has 0 aliphatic carbocycles. The summed E-state index contributed by atoms with van der Waals surface area (Å²) in [7, 11) is 1.26. The molecule has 184 valence electrons. The number of amides is 3. The van der Waals surface area contributed by atoms with Crippen molar-refractivity contribution in [1.82, 2.24) is 4.90 Å². The van der Waals surface area contributed by atoms with E-state index in [-0.39, 0.29) is 11.5 Å². The summed E-state index contributed by atoms with van der Waals surface area (Å²) in [6.07, 6.45) is 1.53. The van der Waals surface area contributed by atoms with Crippen LogP contribution in [0.5, 0.6) is 11.5 Å². The van der Waals surface area contributed by atoms with Gasteiger partial charge in [-0.15, -0.1) is 0 Å². The average Bonchev–Trinajstić information content (AvgIpc) is 3.07. The van der Waals surface area contributed by atoms with E-state index in [4.69, 9.17) is 9.47 Å². The molecule has 0 atom stereocenters. The van der Waals surface area contributed by atoms with Gasteiger partial charge in [0.25, 0.3) is 11.1 Å². The van der Waals surface area contributed by atoms with Crippen LogP contribution in [0.25, 0.3) is 6.08 Å². The molecule has 0 unspecified atom stereocenters. The Morgan fingerprint density at radius 2 is 1.86 bits per heavy atom. The molecule has 2 aromatic carbocycles. The van der Waals surface area contributed by atoms with Gasteiger partial charge in [-0.25, -0.2) is 4.79 Å². The maximum Gasteiger partial charge on any atom is 0.343 e. The van der Waals surface area contributed by atoms with Gasteiger partial charge in [0, 0.05) is 5.69 Å². The zero-order valence-corrected chi connectivity index (χ0v) is 21.7. The molecule has 3 rings (SSSR count).